The van der Waals surface area contributed by atoms with Crippen molar-refractivity contribution in [3.05, 3.63) is 28.8 Å². The second-order valence-corrected chi connectivity index (χ2v) is 4.92. The van der Waals surface area contributed by atoms with Crippen LogP contribution in [0, 0.1) is 5.92 Å². The number of benzene rings is 1. The summed E-state index contributed by atoms with van der Waals surface area (Å²) in [5.74, 6) is 1.14. The van der Waals surface area contributed by atoms with Crippen molar-refractivity contribution < 1.29 is 5.11 Å². The van der Waals surface area contributed by atoms with E-state index < -0.39 is 0 Å². The summed E-state index contributed by atoms with van der Waals surface area (Å²) in [5.41, 5.74) is 0.876. The SMILES string of the molecule is Oc1c(Cl)cccc1CNCCC1CCC1. The number of hydrogen-bond donors (Lipinski definition) is 2. The van der Waals surface area contributed by atoms with Gasteiger partial charge in [-0.05, 0) is 24.9 Å². The summed E-state index contributed by atoms with van der Waals surface area (Å²) in [6.07, 6.45) is 5.44. The number of rotatable bonds is 5. The highest BCUT2D eigenvalue weighted by atomic mass is 35.5. The molecule has 1 aliphatic rings. The number of para-hydroxylation sites is 1. The van der Waals surface area contributed by atoms with Gasteiger partial charge in [0.25, 0.3) is 0 Å². The predicted molar refractivity (Wildman–Crippen MR) is 66.8 cm³/mol. The Balaban J connectivity index is 1.73. The molecule has 0 saturated heterocycles. The fourth-order valence-electron chi connectivity index (χ4n) is 2.01. The fourth-order valence-corrected chi connectivity index (χ4v) is 2.21. The van der Waals surface area contributed by atoms with Gasteiger partial charge in [-0.25, -0.2) is 0 Å². The van der Waals surface area contributed by atoms with E-state index in [-0.39, 0.29) is 5.75 Å². The van der Waals surface area contributed by atoms with E-state index in [0.717, 1.165) is 18.0 Å². The van der Waals surface area contributed by atoms with Crippen LogP contribution < -0.4 is 5.32 Å². The lowest BCUT2D eigenvalue weighted by Gasteiger charge is -2.25. The van der Waals surface area contributed by atoms with Gasteiger partial charge < -0.3 is 10.4 Å². The summed E-state index contributed by atoms with van der Waals surface area (Å²) in [4.78, 5) is 0. The van der Waals surface area contributed by atoms with Crippen molar-refractivity contribution in [3.63, 3.8) is 0 Å². The smallest absolute Gasteiger partial charge is 0.138 e. The van der Waals surface area contributed by atoms with E-state index in [4.69, 9.17) is 11.6 Å². The summed E-state index contributed by atoms with van der Waals surface area (Å²) in [5, 5.41) is 13.5. The van der Waals surface area contributed by atoms with Crippen LogP contribution in [0.2, 0.25) is 5.02 Å². The van der Waals surface area contributed by atoms with Crippen LogP contribution in [0.4, 0.5) is 0 Å². The molecule has 0 amide bonds. The molecule has 1 aliphatic carbocycles. The van der Waals surface area contributed by atoms with Crippen molar-refractivity contribution in [2.75, 3.05) is 6.54 Å². The summed E-state index contributed by atoms with van der Waals surface area (Å²) >= 11 is 5.83. The summed E-state index contributed by atoms with van der Waals surface area (Å²) in [6.45, 7) is 1.72. The molecule has 0 atom stereocenters. The molecule has 16 heavy (non-hydrogen) atoms. The van der Waals surface area contributed by atoms with Crippen molar-refractivity contribution >= 4 is 11.6 Å². The van der Waals surface area contributed by atoms with Gasteiger partial charge in [-0.2, -0.15) is 0 Å². The minimum absolute atomic E-state index is 0.209. The van der Waals surface area contributed by atoms with E-state index in [1.165, 1.54) is 25.7 Å². The molecule has 1 saturated carbocycles. The van der Waals surface area contributed by atoms with Gasteiger partial charge in [-0.3, -0.25) is 0 Å². The second-order valence-electron chi connectivity index (χ2n) is 4.51. The van der Waals surface area contributed by atoms with Gasteiger partial charge in [-0.1, -0.05) is 43.0 Å². The molecule has 1 aromatic rings. The molecule has 0 bridgehead atoms. The highest BCUT2D eigenvalue weighted by molar-refractivity contribution is 6.32. The van der Waals surface area contributed by atoms with Gasteiger partial charge >= 0.3 is 0 Å². The largest absolute Gasteiger partial charge is 0.506 e. The third kappa shape index (κ3) is 2.89. The van der Waals surface area contributed by atoms with E-state index in [1.54, 1.807) is 6.07 Å². The van der Waals surface area contributed by atoms with E-state index in [9.17, 15) is 5.11 Å². The van der Waals surface area contributed by atoms with Crippen LogP contribution in [0.1, 0.15) is 31.2 Å². The lowest BCUT2D eigenvalue weighted by Crippen LogP contribution is -2.21. The molecule has 0 radical (unpaired) electrons. The maximum Gasteiger partial charge on any atom is 0.138 e. The lowest BCUT2D eigenvalue weighted by atomic mass is 9.83. The molecule has 1 aromatic carbocycles. The molecule has 2 nitrogen and oxygen atoms in total. The normalized spacial score (nSPS) is 16.1. The van der Waals surface area contributed by atoms with Gasteiger partial charge in [0, 0.05) is 12.1 Å². The molecule has 0 heterocycles. The van der Waals surface area contributed by atoms with E-state index in [1.807, 2.05) is 12.1 Å². The third-order valence-corrected chi connectivity index (χ3v) is 3.64. The first-order chi connectivity index (χ1) is 7.77. The molecular formula is C13H18ClNO. The average Bonchev–Trinajstić information content (AvgIpc) is 2.21. The third-order valence-electron chi connectivity index (χ3n) is 3.34. The predicted octanol–water partition coefficient (Wildman–Crippen LogP) is 3.33. The molecule has 2 N–H and O–H groups in total. The summed E-state index contributed by atoms with van der Waals surface area (Å²) in [6, 6.07) is 5.47. The van der Waals surface area contributed by atoms with E-state index in [2.05, 4.69) is 5.32 Å². The Morgan fingerprint density at radius 2 is 2.19 bits per heavy atom. The van der Waals surface area contributed by atoms with Crippen LogP contribution in [0.5, 0.6) is 5.75 Å². The number of aromatic hydroxyl groups is 1. The Kier molecular flexibility index (Phi) is 4.08. The highest BCUT2D eigenvalue weighted by Gasteiger charge is 2.16. The van der Waals surface area contributed by atoms with Gasteiger partial charge in [-0.15, -0.1) is 0 Å². The Hall–Kier alpha value is -0.730. The standard InChI is InChI=1S/C13H18ClNO/c14-12-6-2-5-11(13(12)16)9-15-8-7-10-3-1-4-10/h2,5-6,10,15-16H,1,3-4,7-9H2. The minimum atomic E-state index is 0.209. The zero-order valence-corrected chi connectivity index (χ0v) is 10.1. The van der Waals surface area contributed by atoms with Crippen molar-refractivity contribution in [1.29, 1.82) is 0 Å². The molecule has 0 unspecified atom stereocenters. The first kappa shape index (κ1) is 11.7. The van der Waals surface area contributed by atoms with Crippen LogP contribution in [-0.4, -0.2) is 11.7 Å². The van der Waals surface area contributed by atoms with Crippen LogP contribution in [0.3, 0.4) is 0 Å². The van der Waals surface area contributed by atoms with Crippen molar-refractivity contribution in [1.82, 2.24) is 5.32 Å². The van der Waals surface area contributed by atoms with Gasteiger partial charge in [0.15, 0.2) is 0 Å². The van der Waals surface area contributed by atoms with E-state index in [0.29, 0.717) is 11.6 Å². The number of phenolic OH excluding ortho intramolecular Hbond substituents is 1. The number of nitrogens with one attached hydrogen (secondary N) is 1. The molecule has 0 aliphatic heterocycles. The zero-order valence-electron chi connectivity index (χ0n) is 9.38. The van der Waals surface area contributed by atoms with Crippen LogP contribution in [-0.2, 0) is 6.54 Å². The Morgan fingerprint density at radius 3 is 2.88 bits per heavy atom. The van der Waals surface area contributed by atoms with Gasteiger partial charge in [0.2, 0.25) is 0 Å². The van der Waals surface area contributed by atoms with Crippen LogP contribution >= 0.6 is 11.6 Å². The summed E-state index contributed by atoms with van der Waals surface area (Å²) < 4.78 is 0. The van der Waals surface area contributed by atoms with Crippen molar-refractivity contribution in [3.8, 4) is 5.75 Å². The summed E-state index contributed by atoms with van der Waals surface area (Å²) in [7, 11) is 0. The first-order valence-electron chi connectivity index (χ1n) is 5.94. The quantitative estimate of drug-likeness (QED) is 0.773. The van der Waals surface area contributed by atoms with E-state index >= 15 is 0 Å². The number of halogens is 1. The van der Waals surface area contributed by atoms with Crippen LogP contribution in [0.15, 0.2) is 18.2 Å². The maximum absolute atomic E-state index is 9.69. The lowest BCUT2D eigenvalue weighted by molar-refractivity contribution is 0.292. The van der Waals surface area contributed by atoms with Gasteiger partial charge in [0.05, 0.1) is 5.02 Å². The molecule has 88 valence electrons. The zero-order chi connectivity index (χ0) is 11.4. The molecule has 0 aromatic heterocycles. The molecular weight excluding hydrogens is 222 g/mol. The fraction of sp³-hybridized carbons (Fsp3) is 0.538. The first-order valence-corrected chi connectivity index (χ1v) is 6.32. The molecule has 3 heteroatoms. The van der Waals surface area contributed by atoms with Crippen LogP contribution in [0.25, 0.3) is 0 Å². The topological polar surface area (TPSA) is 32.3 Å². The number of phenols is 1. The van der Waals surface area contributed by atoms with Crippen molar-refractivity contribution in [2.45, 2.75) is 32.2 Å². The molecule has 1 fully saturated rings. The second kappa shape index (κ2) is 5.55. The Morgan fingerprint density at radius 1 is 1.38 bits per heavy atom. The molecule has 0 spiro atoms. The number of hydrogen-bond acceptors (Lipinski definition) is 2. The maximum atomic E-state index is 9.69. The molecule has 2 rings (SSSR count). The highest BCUT2D eigenvalue weighted by Crippen LogP contribution is 2.29. The van der Waals surface area contributed by atoms with Crippen molar-refractivity contribution in [2.24, 2.45) is 5.92 Å². The average molecular weight is 240 g/mol. The minimum Gasteiger partial charge on any atom is -0.506 e. The van der Waals surface area contributed by atoms with Gasteiger partial charge in [0.1, 0.15) is 5.75 Å². The monoisotopic (exact) mass is 239 g/mol. The Bertz CT molecular complexity index is 350. The Labute approximate surface area is 102 Å².